The van der Waals surface area contributed by atoms with Crippen molar-refractivity contribution in [3.05, 3.63) is 29.8 Å². The van der Waals surface area contributed by atoms with Gasteiger partial charge in [0.1, 0.15) is 0 Å². The molecule has 0 bridgehead atoms. The summed E-state index contributed by atoms with van der Waals surface area (Å²) in [7, 11) is 0. The number of hydrogen-bond acceptors (Lipinski definition) is 3. The first-order chi connectivity index (χ1) is 12.0. The van der Waals surface area contributed by atoms with E-state index in [1.54, 1.807) is 5.56 Å². The Morgan fingerprint density at radius 2 is 1.62 bits per heavy atom. The molecule has 3 rings (SSSR count). The predicted octanol–water partition coefficient (Wildman–Crippen LogP) is 5.07. The van der Waals surface area contributed by atoms with Gasteiger partial charge in [0.15, 0.2) is 0 Å². The second-order valence-corrected chi connectivity index (χ2v) is 8.89. The highest BCUT2D eigenvalue weighted by atomic mass is 35.5. The molecular formula is C22H34ClN3. The van der Waals surface area contributed by atoms with Crippen molar-refractivity contribution in [1.82, 2.24) is 4.90 Å². The summed E-state index contributed by atoms with van der Waals surface area (Å²) in [5.41, 5.74) is 3.45. The summed E-state index contributed by atoms with van der Waals surface area (Å²) in [4.78, 5) is 4.80. The molecule has 1 aliphatic carbocycles. The van der Waals surface area contributed by atoms with Crippen molar-refractivity contribution in [2.45, 2.75) is 52.4 Å². The van der Waals surface area contributed by atoms with Gasteiger partial charge in [-0.2, -0.15) is 5.26 Å². The van der Waals surface area contributed by atoms with E-state index in [9.17, 15) is 0 Å². The molecule has 1 aromatic rings. The second-order valence-electron chi connectivity index (χ2n) is 8.89. The van der Waals surface area contributed by atoms with Crippen LogP contribution in [0.3, 0.4) is 0 Å². The zero-order valence-corrected chi connectivity index (χ0v) is 17.4. The average molecular weight is 376 g/mol. The summed E-state index contributed by atoms with van der Waals surface area (Å²) in [5.74, 6) is 1.58. The number of halogens is 1. The molecule has 144 valence electrons. The fourth-order valence-electron chi connectivity index (χ4n) is 4.64. The minimum absolute atomic E-state index is 0. The van der Waals surface area contributed by atoms with Crippen molar-refractivity contribution in [3.63, 3.8) is 0 Å². The Morgan fingerprint density at radius 3 is 2.19 bits per heavy atom. The molecule has 1 saturated carbocycles. The zero-order chi connectivity index (χ0) is 17.9. The SMILES string of the molecule is CC(C)(C)C1CCC(c2ccccc2N2CCN(CC#N)CC2)CC1.Cl. The molecule has 1 heterocycles. The third-order valence-corrected chi connectivity index (χ3v) is 6.34. The van der Waals surface area contributed by atoms with Gasteiger partial charge in [0.2, 0.25) is 0 Å². The monoisotopic (exact) mass is 375 g/mol. The largest absolute Gasteiger partial charge is 0.369 e. The van der Waals surface area contributed by atoms with E-state index in [1.165, 1.54) is 31.4 Å². The lowest BCUT2D eigenvalue weighted by Crippen LogP contribution is -2.46. The Kier molecular flexibility index (Phi) is 7.38. The molecule has 0 amide bonds. The van der Waals surface area contributed by atoms with Gasteiger partial charge in [0.05, 0.1) is 12.6 Å². The lowest BCUT2D eigenvalue weighted by molar-refractivity contribution is 0.169. The van der Waals surface area contributed by atoms with Gasteiger partial charge in [0, 0.05) is 31.9 Å². The number of para-hydroxylation sites is 1. The molecule has 0 aromatic heterocycles. The van der Waals surface area contributed by atoms with Crippen molar-refractivity contribution < 1.29 is 0 Å². The van der Waals surface area contributed by atoms with Gasteiger partial charge in [-0.1, -0.05) is 39.0 Å². The van der Waals surface area contributed by atoms with Gasteiger partial charge in [-0.15, -0.1) is 12.4 Å². The number of piperazine rings is 1. The van der Waals surface area contributed by atoms with Crippen LogP contribution < -0.4 is 4.90 Å². The first-order valence-electron chi connectivity index (χ1n) is 9.92. The molecule has 26 heavy (non-hydrogen) atoms. The number of anilines is 1. The molecule has 0 atom stereocenters. The number of rotatable bonds is 3. The molecule has 1 aliphatic heterocycles. The molecule has 0 unspecified atom stereocenters. The molecule has 2 fully saturated rings. The van der Waals surface area contributed by atoms with Gasteiger partial charge >= 0.3 is 0 Å². The van der Waals surface area contributed by atoms with Crippen LogP contribution >= 0.6 is 12.4 Å². The summed E-state index contributed by atoms with van der Waals surface area (Å²) in [6.45, 7) is 11.8. The predicted molar refractivity (Wildman–Crippen MR) is 112 cm³/mol. The summed E-state index contributed by atoms with van der Waals surface area (Å²) < 4.78 is 0. The molecule has 1 saturated heterocycles. The maximum atomic E-state index is 8.89. The molecule has 0 spiro atoms. The van der Waals surface area contributed by atoms with E-state index in [4.69, 9.17) is 5.26 Å². The van der Waals surface area contributed by atoms with Crippen LogP contribution in [0.15, 0.2) is 24.3 Å². The van der Waals surface area contributed by atoms with E-state index in [2.05, 4.69) is 60.9 Å². The molecule has 0 N–H and O–H groups in total. The van der Waals surface area contributed by atoms with E-state index < -0.39 is 0 Å². The van der Waals surface area contributed by atoms with Crippen molar-refractivity contribution in [2.75, 3.05) is 37.6 Å². The number of benzene rings is 1. The summed E-state index contributed by atoms with van der Waals surface area (Å²) >= 11 is 0. The highest BCUT2D eigenvalue weighted by molar-refractivity contribution is 5.85. The zero-order valence-electron chi connectivity index (χ0n) is 16.6. The Morgan fingerprint density at radius 1 is 1.00 bits per heavy atom. The maximum absolute atomic E-state index is 8.89. The molecule has 4 heteroatoms. The first kappa shape index (κ1) is 21.1. The Hall–Kier alpha value is -1.24. The molecule has 3 nitrogen and oxygen atoms in total. The summed E-state index contributed by atoms with van der Waals surface area (Å²) in [6.07, 6.45) is 5.37. The average Bonchev–Trinajstić information content (AvgIpc) is 2.62. The van der Waals surface area contributed by atoms with E-state index in [1.807, 2.05) is 0 Å². The van der Waals surface area contributed by atoms with Crippen LogP contribution in [0.5, 0.6) is 0 Å². The molecule has 0 radical (unpaired) electrons. The van der Waals surface area contributed by atoms with E-state index in [-0.39, 0.29) is 12.4 Å². The van der Waals surface area contributed by atoms with Crippen molar-refractivity contribution in [1.29, 1.82) is 5.26 Å². The lowest BCUT2D eigenvalue weighted by Gasteiger charge is -2.40. The van der Waals surface area contributed by atoms with E-state index in [0.29, 0.717) is 17.9 Å². The normalized spacial score (nSPS) is 24.6. The molecular weight excluding hydrogens is 342 g/mol. The summed E-state index contributed by atoms with van der Waals surface area (Å²) in [6, 6.07) is 11.3. The van der Waals surface area contributed by atoms with Gasteiger partial charge in [0.25, 0.3) is 0 Å². The smallest absolute Gasteiger partial charge is 0.0867 e. The molecule has 2 aliphatic rings. The van der Waals surface area contributed by atoms with Crippen LogP contribution in [0, 0.1) is 22.7 Å². The van der Waals surface area contributed by atoms with Crippen molar-refractivity contribution >= 4 is 18.1 Å². The summed E-state index contributed by atoms with van der Waals surface area (Å²) in [5, 5.41) is 8.89. The van der Waals surface area contributed by atoms with Gasteiger partial charge < -0.3 is 4.90 Å². The van der Waals surface area contributed by atoms with Crippen molar-refractivity contribution in [2.24, 2.45) is 11.3 Å². The van der Waals surface area contributed by atoms with Crippen LogP contribution in [-0.4, -0.2) is 37.6 Å². The molecule has 1 aromatic carbocycles. The highest BCUT2D eigenvalue weighted by Crippen LogP contribution is 2.45. The van der Waals surface area contributed by atoms with E-state index in [0.717, 1.165) is 32.1 Å². The third-order valence-electron chi connectivity index (χ3n) is 6.34. The fraction of sp³-hybridized carbons (Fsp3) is 0.682. The minimum atomic E-state index is 0. The van der Waals surface area contributed by atoms with Crippen LogP contribution in [0.1, 0.15) is 57.9 Å². The Balaban J connectivity index is 0.00000243. The van der Waals surface area contributed by atoms with Crippen LogP contribution in [0.2, 0.25) is 0 Å². The van der Waals surface area contributed by atoms with Crippen LogP contribution in [0.4, 0.5) is 5.69 Å². The van der Waals surface area contributed by atoms with Gasteiger partial charge in [-0.25, -0.2) is 0 Å². The highest BCUT2D eigenvalue weighted by Gasteiger charge is 2.31. The standard InChI is InChI=1S/C22H33N3.ClH/c1-22(2,3)19-10-8-18(9-11-19)20-6-4-5-7-21(20)25-16-14-24(13-12-23)15-17-25;/h4-7,18-19H,8-11,13-17H2,1-3H3;1H. The van der Waals surface area contributed by atoms with Crippen LogP contribution in [0.25, 0.3) is 0 Å². The van der Waals surface area contributed by atoms with Gasteiger partial charge in [-0.3, -0.25) is 4.90 Å². The first-order valence-corrected chi connectivity index (χ1v) is 9.92. The fourth-order valence-corrected chi connectivity index (χ4v) is 4.64. The quantitative estimate of drug-likeness (QED) is 0.690. The van der Waals surface area contributed by atoms with Crippen molar-refractivity contribution in [3.8, 4) is 6.07 Å². The third kappa shape index (κ3) is 4.93. The Labute approximate surface area is 165 Å². The second kappa shape index (κ2) is 9.11. The maximum Gasteiger partial charge on any atom is 0.0867 e. The van der Waals surface area contributed by atoms with Crippen LogP contribution in [-0.2, 0) is 0 Å². The van der Waals surface area contributed by atoms with E-state index >= 15 is 0 Å². The minimum Gasteiger partial charge on any atom is -0.369 e. The topological polar surface area (TPSA) is 30.3 Å². The number of nitrogens with zero attached hydrogens (tertiary/aromatic N) is 3. The number of hydrogen-bond donors (Lipinski definition) is 0. The Bertz CT molecular complexity index is 601. The number of nitriles is 1. The lowest BCUT2D eigenvalue weighted by atomic mass is 9.68. The van der Waals surface area contributed by atoms with Gasteiger partial charge in [-0.05, 0) is 54.6 Å².